The number of allylic oxidation sites excluding steroid dienone is 1. The molecule has 0 bridgehead atoms. The number of thiocarbonyl (C=S) groups is 1. The number of esters is 1. The van der Waals surface area contributed by atoms with Gasteiger partial charge in [0.25, 0.3) is 0 Å². The summed E-state index contributed by atoms with van der Waals surface area (Å²) in [5, 5.41) is 6.85. The maximum absolute atomic E-state index is 13.1. The van der Waals surface area contributed by atoms with E-state index in [1.165, 1.54) is 0 Å². The summed E-state index contributed by atoms with van der Waals surface area (Å²) < 4.78 is 5.94. The summed E-state index contributed by atoms with van der Waals surface area (Å²) in [5.74, 6) is 1.01. The molecule has 2 aliphatic rings. The molecule has 0 saturated heterocycles. The Morgan fingerprint density at radius 1 is 1.14 bits per heavy atom. The van der Waals surface area contributed by atoms with Crippen LogP contribution in [-0.4, -0.2) is 31.3 Å². The Kier molecular flexibility index (Phi) is 6.28. The number of benzene rings is 1. The first-order valence-electron chi connectivity index (χ1n) is 10.0. The number of ether oxygens (including phenoxy) is 1. The van der Waals surface area contributed by atoms with E-state index in [1.807, 2.05) is 50.2 Å². The fourth-order valence-corrected chi connectivity index (χ4v) is 4.27. The summed E-state index contributed by atoms with van der Waals surface area (Å²) in [5.41, 5.74) is 3.46. The largest absolute Gasteiger partial charge is 0.459 e. The van der Waals surface area contributed by atoms with E-state index in [-0.39, 0.29) is 18.1 Å². The lowest BCUT2D eigenvalue weighted by molar-refractivity contribution is -0.147. The van der Waals surface area contributed by atoms with Crippen LogP contribution >= 0.6 is 12.2 Å². The lowest BCUT2D eigenvalue weighted by Gasteiger charge is -2.34. The van der Waals surface area contributed by atoms with Crippen LogP contribution in [0, 0.1) is 11.8 Å². The third-order valence-electron chi connectivity index (χ3n) is 6.06. The Bertz CT molecular complexity index is 772. The number of hydrogen-bond acceptors (Lipinski definition) is 4. The van der Waals surface area contributed by atoms with Gasteiger partial charge in [0.1, 0.15) is 6.10 Å². The minimum atomic E-state index is -0.308. The van der Waals surface area contributed by atoms with Crippen LogP contribution in [0.2, 0.25) is 0 Å². The first-order valence-corrected chi connectivity index (χ1v) is 10.4. The highest BCUT2D eigenvalue weighted by molar-refractivity contribution is 7.80. The monoisotopic (exact) mass is 401 g/mol. The molecule has 2 N–H and O–H groups in total. The van der Waals surface area contributed by atoms with Gasteiger partial charge in [0.2, 0.25) is 0 Å². The standard InChI is InChI=1S/C22H31N3O2S/c1-13-6-11-18(12-14(13)2)27-21(26)19-15(3)23-22(28)24-20(19)16-7-9-17(10-8-16)25(4)5/h7-10,13-14,18,20H,6,11-12H2,1-5H3,(H2,23,24,28)/t13-,14-,18-,20+/m0/s1. The van der Waals surface area contributed by atoms with E-state index in [0.29, 0.717) is 22.5 Å². The molecule has 0 aromatic heterocycles. The summed E-state index contributed by atoms with van der Waals surface area (Å²) in [6.45, 7) is 6.40. The minimum Gasteiger partial charge on any atom is -0.459 e. The fraction of sp³-hybridized carbons (Fsp3) is 0.545. The van der Waals surface area contributed by atoms with Crippen molar-refractivity contribution >= 4 is 29.0 Å². The Balaban J connectivity index is 1.82. The van der Waals surface area contributed by atoms with Crippen LogP contribution in [-0.2, 0) is 9.53 Å². The minimum absolute atomic E-state index is 0.00959. The van der Waals surface area contributed by atoms with Crippen LogP contribution in [0.3, 0.4) is 0 Å². The molecule has 1 fully saturated rings. The van der Waals surface area contributed by atoms with Crippen LogP contribution < -0.4 is 15.5 Å². The molecule has 1 heterocycles. The molecule has 0 radical (unpaired) electrons. The lowest BCUT2D eigenvalue weighted by atomic mass is 9.80. The topological polar surface area (TPSA) is 53.6 Å². The van der Waals surface area contributed by atoms with Gasteiger partial charge in [0, 0.05) is 25.5 Å². The van der Waals surface area contributed by atoms with Crippen molar-refractivity contribution < 1.29 is 9.53 Å². The highest BCUT2D eigenvalue weighted by Gasteiger charge is 2.34. The summed E-state index contributed by atoms with van der Waals surface area (Å²) >= 11 is 5.34. The second kappa shape index (κ2) is 8.52. The Hall–Kier alpha value is -2.08. The summed E-state index contributed by atoms with van der Waals surface area (Å²) in [6.07, 6.45) is 2.96. The van der Waals surface area contributed by atoms with E-state index in [4.69, 9.17) is 17.0 Å². The summed E-state index contributed by atoms with van der Waals surface area (Å²) in [6, 6.07) is 7.85. The van der Waals surface area contributed by atoms with Crippen LogP contribution in [0.1, 0.15) is 51.6 Å². The molecule has 3 rings (SSSR count). The van der Waals surface area contributed by atoms with Crippen molar-refractivity contribution in [3.63, 3.8) is 0 Å². The van der Waals surface area contributed by atoms with Gasteiger partial charge >= 0.3 is 5.97 Å². The zero-order chi connectivity index (χ0) is 20.4. The average Bonchev–Trinajstić information content (AvgIpc) is 2.64. The van der Waals surface area contributed by atoms with E-state index in [9.17, 15) is 4.79 Å². The zero-order valence-electron chi connectivity index (χ0n) is 17.4. The zero-order valence-corrected chi connectivity index (χ0v) is 18.2. The molecule has 1 aromatic rings. The van der Waals surface area contributed by atoms with E-state index in [2.05, 4.69) is 24.5 Å². The first kappa shape index (κ1) is 20.6. The molecule has 1 aliphatic carbocycles. The quantitative estimate of drug-likeness (QED) is 0.589. The number of rotatable bonds is 4. The van der Waals surface area contributed by atoms with Gasteiger partial charge < -0.3 is 20.3 Å². The van der Waals surface area contributed by atoms with E-state index in [0.717, 1.165) is 36.2 Å². The van der Waals surface area contributed by atoms with Crippen LogP contribution in [0.4, 0.5) is 5.69 Å². The first-order chi connectivity index (χ1) is 13.3. The molecule has 28 heavy (non-hydrogen) atoms. The van der Waals surface area contributed by atoms with Crippen LogP contribution in [0.25, 0.3) is 0 Å². The van der Waals surface area contributed by atoms with Crippen molar-refractivity contribution in [3.8, 4) is 0 Å². The molecule has 0 spiro atoms. The Morgan fingerprint density at radius 3 is 2.43 bits per heavy atom. The van der Waals surface area contributed by atoms with Gasteiger partial charge in [0.15, 0.2) is 5.11 Å². The van der Waals surface area contributed by atoms with Gasteiger partial charge in [-0.2, -0.15) is 0 Å². The summed E-state index contributed by atoms with van der Waals surface area (Å²) in [7, 11) is 4.01. The number of nitrogens with one attached hydrogen (secondary N) is 2. The smallest absolute Gasteiger partial charge is 0.338 e. The van der Waals surface area contributed by atoms with E-state index >= 15 is 0 Å². The second-order valence-corrected chi connectivity index (χ2v) is 8.76. The maximum atomic E-state index is 13.1. The molecule has 4 atom stereocenters. The van der Waals surface area contributed by atoms with Gasteiger partial charge in [0.05, 0.1) is 11.6 Å². The molecule has 152 valence electrons. The van der Waals surface area contributed by atoms with Crippen LogP contribution in [0.5, 0.6) is 0 Å². The predicted octanol–water partition coefficient (Wildman–Crippen LogP) is 3.91. The summed E-state index contributed by atoms with van der Waals surface area (Å²) in [4.78, 5) is 15.2. The van der Waals surface area contributed by atoms with Crippen molar-refractivity contribution in [1.29, 1.82) is 0 Å². The lowest BCUT2D eigenvalue weighted by Crippen LogP contribution is -2.45. The normalized spacial score (nSPS) is 27.7. The van der Waals surface area contributed by atoms with Crippen molar-refractivity contribution in [3.05, 3.63) is 41.1 Å². The van der Waals surface area contributed by atoms with Gasteiger partial charge in [-0.05, 0) is 67.9 Å². The highest BCUT2D eigenvalue weighted by Crippen LogP contribution is 2.33. The van der Waals surface area contributed by atoms with Crippen molar-refractivity contribution in [2.75, 3.05) is 19.0 Å². The number of anilines is 1. The van der Waals surface area contributed by atoms with Crippen LogP contribution in [0.15, 0.2) is 35.5 Å². The molecule has 1 saturated carbocycles. The molecule has 6 heteroatoms. The van der Waals surface area contributed by atoms with E-state index < -0.39 is 0 Å². The molecular formula is C22H31N3O2S. The number of carbonyl (C=O) groups excluding carboxylic acids is 1. The van der Waals surface area contributed by atoms with Crippen molar-refractivity contribution in [2.45, 2.75) is 52.2 Å². The van der Waals surface area contributed by atoms with Gasteiger partial charge in [-0.1, -0.05) is 26.0 Å². The fourth-order valence-electron chi connectivity index (χ4n) is 4.00. The molecule has 1 aliphatic heterocycles. The maximum Gasteiger partial charge on any atom is 0.338 e. The van der Waals surface area contributed by atoms with E-state index in [1.54, 1.807) is 0 Å². The molecule has 1 aromatic carbocycles. The number of hydrogen-bond donors (Lipinski definition) is 2. The Labute approximate surface area is 173 Å². The Morgan fingerprint density at radius 2 is 1.82 bits per heavy atom. The molecule has 0 unspecified atom stereocenters. The number of nitrogens with zero attached hydrogens (tertiary/aromatic N) is 1. The SMILES string of the molecule is CC1=C(C(=O)O[C@H]2CC[C@H](C)[C@@H](C)C2)[C@@H](c2ccc(N(C)C)cc2)NC(=S)N1. The molecule has 0 amide bonds. The molecule has 5 nitrogen and oxygen atoms in total. The third kappa shape index (κ3) is 4.49. The second-order valence-electron chi connectivity index (χ2n) is 8.35. The molecular weight excluding hydrogens is 370 g/mol. The average molecular weight is 402 g/mol. The van der Waals surface area contributed by atoms with Crippen molar-refractivity contribution in [2.24, 2.45) is 11.8 Å². The van der Waals surface area contributed by atoms with Gasteiger partial charge in [-0.15, -0.1) is 0 Å². The highest BCUT2D eigenvalue weighted by atomic mass is 32.1. The van der Waals surface area contributed by atoms with Gasteiger partial charge in [-0.25, -0.2) is 4.79 Å². The van der Waals surface area contributed by atoms with Crippen molar-refractivity contribution in [1.82, 2.24) is 10.6 Å². The number of carbonyl (C=O) groups is 1. The third-order valence-corrected chi connectivity index (χ3v) is 6.28. The predicted molar refractivity (Wildman–Crippen MR) is 117 cm³/mol. The van der Waals surface area contributed by atoms with Gasteiger partial charge in [-0.3, -0.25) is 0 Å².